The summed E-state index contributed by atoms with van der Waals surface area (Å²) in [4.78, 5) is 19.5. The van der Waals surface area contributed by atoms with E-state index in [1.807, 2.05) is 26.0 Å². The maximum Gasteiger partial charge on any atom is 0.326 e. The Morgan fingerprint density at radius 1 is 1.55 bits per heavy atom. The Bertz CT molecular complexity index is 626. The highest BCUT2D eigenvalue weighted by Gasteiger charge is 2.33. The molecule has 0 aliphatic rings. The summed E-state index contributed by atoms with van der Waals surface area (Å²) in [6, 6.07) is 6.08. The Labute approximate surface area is 122 Å². The molecule has 1 unspecified atom stereocenters. The molecule has 0 spiro atoms. The number of esters is 1. The molecule has 1 aromatic carbocycles. The number of nitrogens with zero attached hydrogens (tertiary/aromatic N) is 1. The molecule has 6 heteroatoms. The van der Waals surface area contributed by atoms with Crippen LogP contribution in [0.1, 0.15) is 12.5 Å². The Hall–Kier alpha value is -1.53. The van der Waals surface area contributed by atoms with Gasteiger partial charge in [0.15, 0.2) is 5.16 Å². The highest BCUT2D eigenvalue weighted by Crippen LogP contribution is 2.24. The molecule has 5 nitrogen and oxygen atoms in total. The van der Waals surface area contributed by atoms with Gasteiger partial charge in [-0.15, -0.1) is 0 Å². The standard InChI is InChI=1S/C14H19N3O2S/c1-9-5-6-10-11(7-9)17-13(16-10)20-8-14(2,15-3)12(18)19-4/h5-7,15H,8H2,1-4H3,(H,16,17). The molecule has 0 aliphatic carbocycles. The highest BCUT2D eigenvalue weighted by molar-refractivity contribution is 7.99. The second kappa shape index (κ2) is 5.85. The van der Waals surface area contributed by atoms with Gasteiger partial charge in [-0.1, -0.05) is 17.8 Å². The zero-order valence-corrected chi connectivity index (χ0v) is 12.9. The van der Waals surface area contributed by atoms with Gasteiger partial charge in [-0.3, -0.25) is 4.79 Å². The third-order valence-corrected chi connectivity index (χ3v) is 4.49. The number of rotatable bonds is 5. The molecule has 0 amide bonds. The number of aromatic nitrogens is 2. The molecule has 108 valence electrons. The van der Waals surface area contributed by atoms with E-state index in [9.17, 15) is 4.79 Å². The van der Waals surface area contributed by atoms with Crippen LogP contribution in [0.5, 0.6) is 0 Å². The predicted molar refractivity (Wildman–Crippen MR) is 81.0 cm³/mol. The number of carbonyl (C=O) groups excluding carboxylic acids is 1. The van der Waals surface area contributed by atoms with Crippen LogP contribution in [0.3, 0.4) is 0 Å². The van der Waals surface area contributed by atoms with Crippen molar-refractivity contribution in [2.24, 2.45) is 0 Å². The summed E-state index contributed by atoms with van der Waals surface area (Å²) < 4.78 is 4.82. The zero-order valence-electron chi connectivity index (χ0n) is 12.1. The van der Waals surface area contributed by atoms with E-state index < -0.39 is 5.54 Å². The molecule has 0 aliphatic heterocycles. The fourth-order valence-electron chi connectivity index (χ4n) is 1.84. The highest BCUT2D eigenvalue weighted by atomic mass is 32.2. The van der Waals surface area contributed by atoms with Gasteiger partial charge in [0.25, 0.3) is 0 Å². The largest absolute Gasteiger partial charge is 0.468 e. The minimum atomic E-state index is -0.728. The number of nitrogens with one attached hydrogen (secondary N) is 2. The van der Waals surface area contributed by atoms with E-state index >= 15 is 0 Å². The fraction of sp³-hybridized carbons (Fsp3) is 0.429. The van der Waals surface area contributed by atoms with Crippen molar-refractivity contribution in [3.63, 3.8) is 0 Å². The Morgan fingerprint density at radius 2 is 2.30 bits per heavy atom. The van der Waals surface area contributed by atoms with Crippen LogP contribution in [0.4, 0.5) is 0 Å². The lowest BCUT2D eigenvalue weighted by atomic mass is 10.1. The maximum atomic E-state index is 11.8. The van der Waals surface area contributed by atoms with Gasteiger partial charge in [-0.25, -0.2) is 4.98 Å². The molecule has 0 radical (unpaired) electrons. The average molecular weight is 293 g/mol. The van der Waals surface area contributed by atoms with Crippen LogP contribution in [0, 0.1) is 6.92 Å². The summed E-state index contributed by atoms with van der Waals surface area (Å²) in [6.07, 6.45) is 0. The molecule has 1 aromatic heterocycles. The van der Waals surface area contributed by atoms with Crippen molar-refractivity contribution in [2.45, 2.75) is 24.5 Å². The average Bonchev–Trinajstić information content (AvgIpc) is 2.85. The smallest absolute Gasteiger partial charge is 0.326 e. The van der Waals surface area contributed by atoms with Crippen molar-refractivity contribution in [1.82, 2.24) is 15.3 Å². The second-order valence-electron chi connectivity index (χ2n) is 4.92. The number of thioether (sulfide) groups is 1. The van der Waals surface area contributed by atoms with Crippen LogP contribution in [0.2, 0.25) is 0 Å². The van der Waals surface area contributed by atoms with Gasteiger partial charge in [0, 0.05) is 5.75 Å². The number of H-pyrrole nitrogens is 1. The van der Waals surface area contributed by atoms with Crippen molar-refractivity contribution < 1.29 is 9.53 Å². The molecule has 2 aromatic rings. The van der Waals surface area contributed by atoms with Crippen LogP contribution in [-0.4, -0.2) is 41.4 Å². The van der Waals surface area contributed by atoms with Gasteiger partial charge in [-0.2, -0.15) is 0 Å². The monoisotopic (exact) mass is 293 g/mol. The van der Waals surface area contributed by atoms with Crippen molar-refractivity contribution in [1.29, 1.82) is 0 Å². The molecule has 1 heterocycles. The number of benzene rings is 1. The van der Waals surface area contributed by atoms with Crippen LogP contribution in [0.15, 0.2) is 23.4 Å². The van der Waals surface area contributed by atoms with Crippen molar-refractivity contribution >= 4 is 28.8 Å². The normalized spacial score (nSPS) is 14.2. The predicted octanol–water partition coefficient (Wildman–Crippen LogP) is 2.11. The molecule has 20 heavy (non-hydrogen) atoms. The summed E-state index contributed by atoms with van der Waals surface area (Å²) in [5, 5.41) is 3.81. The third-order valence-electron chi connectivity index (χ3n) is 3.30. The van der Waals surface area contributed by atoms with Crippen LogP contribution < -0.4 is 5.32 Å². The van der Waals surface area contributed by atoms with Gasteiger partial charge in [-0.05, 0) is 38.6 Å². The first kappa shape index (κ1) is 14.9. The van der Waals surface area contributed by atoms with E-state index in [1.54, 1.807) is 7.05 Å². The zero-order chi connectivity index (χ0) is 14.8. The number of ether oxygens (including phenoxy) is 1. The minimum Gasteiger partial charge on any atom is -0.468 e. The number of likely N-dealkylation sites (N-methyl/N-ethyl adjacent to an activating group) is 1. The second-order valence-corrected chi connectivity index (χ2v) is 5.89. The molecule has 0 bridgehead atoms. The number of imidazole rings is 1. The van der Waals surface area contributed by atoms with E-state index in [2.05, 4.69) is 21.4 Å². The number of aryl methyl sites for hydroxylation is 1. The Balaban J connectivity index is 2.14. The lowest BCUT2D eigenvalue weighted by Gasteiger charge is -2.24. The molecular weight excluding hydrogens is 274 g/mol. The van der Waals surface area contributed by atoms with Crippen LogP contribution in [-0.2, 0) is 9.53 Å². The molecular formula is C14H19N3O2S. The van der Waals surface area contributed by atoms with Crippen LogP contribution in [0.25, 0.3) is 11.0 Å². The van der Waals surface area contributed by atoms with Gasteiger partial charge in [0.1, 0.15) is 5.54 Å². The van der Waals surface area contributed by atoms with Gasteiger partial charge >= 0.3 is 5.97 Å². The minimum absolute atomic E-state index is 0.278. The number of hydrogen-bond acceptors (Lipinski definition) is 5. The first-order valence-electron chi connectivity index (χ1n) is 6.35. The topological polar surface area (TPSA) is 67.0 Å². The first-order valence-corrected chi connectivity index (χ1v) is 7.33. The first-order chi connectivity index (χ1) is 9.48. The molecule has 0 saturated heterocycles. The molecule has 2 N–H and O–H groups in total. The SMILES string of the molecule is CNC(C)(CSc1nc2ccc(C)cc2[nH]1)C(=O)OC. The number of hydrogen-bond donors (Lipinski definition) is 2. The fourth-order valence-corrected chi connectivity index (χ4v) is 2.87. The maximum absolute atomic E-state index is 11.8. The number of fused-ring (bicyclic) bond motifs is 1. The van der Waals surface area contributed by atoms with E-state index in [-0.39, 0.29) is 5.97 Å². The van der Waals surface area contributed by atoms with E-state index in [4.69, 9.17) is 4.74 Å². The quantitative estimate of drug-likeness (QED) is 0.653. The van der Waals surface area contributed by atoms with E-state index in [0.29, 0.717) is 5.75 Å². The third kappa shape index (κ3) is 2.96. The molecule has 0 saturated carbocycles. The van der Waals surface area contributed by atoms with Gasteiger partial charge < -0.3 is 15.0 Å². The summed E-state index contributed by atoms with van der Waals surface area (Å²) in [5.74, 6) is 0.258. The summed E-state index contributed by atoms with van der Waals surface area (Å²) in [6.45, 7) is 3.86. The van der Waals surface area contributed by atoms with Gasteiger partial charge in [0.05, 0.1) is 18.1 Å². The number of methoxy groups -OCH3 is 1. The summed E-state index contributed by atoms with van der Waals surface area (Å²) >= 11 is 1.50. The Morgan fingerprint density at radius 3 is 2.95 bits per heavy atom. The molecule has 1 atom stereocenters. The Kier molecular flexibility index (Phi) is 4.35. The van der Waals surface area contributed by atoms with Crippen molar-refractivity contribution in [2.75, 3.05) is 19.9 Å². The summed E-state index contributed by atoms with van der Waals surface area (Å²) in [7, 11) is 3.14. The summed E-state index contributed by atoms with van der Waals surface area (Å²) in [5.41, 5.74) is 2.40. The lowest BCUT2D eigenvalue weighted by molar-refractivity contribution is -0.146. The van der Waals surface area contributed by atoms with E-state index in [0.717, 1.165) is 16.2 Å². The van der Waals surface area contributed by atoms with Crippen molar-refractivity contribution in [3.05, 3.63) is 23.8 Å². The number of carbonyl (C=O) groups is 1. The van der Waals surface area contributed by atoms with Gasteiger partial charge in [0.2, 0.25) is 0 Å². The van der Waals surface area contributed by atoms with Crippen LogP contribution >= 0.6 is 11.8 Å². The molecule has 2 rings (SSSR count). The lowest BCUT2D eigenvalue weighted by Crippen LogP contribution is -2.50. The number of aromatic amines is 1. The van der Waals surface area contributed by atoms with E-state index in [1.165, 1.54) is 24.4 Å². The molecule has 0 fully saturated rings. The van der Waals surface area contributed by atoms with Crippen molar-refractivity contribution in [3.8, 4) is 0 Å².